The summed E-state index contributed by atoms with van der Waals surface area (Å²) in [6.07, 6.45) is 0.0811. The van der Waals surface area contributed by atoms with E-state index in [0.717, 1.165) is 11.1 Å². The fourth-order valence-corrected chi connectivity index (χ4v) is 3.90. The summed E-state index contributed by atoms with van der Waals surface area (Å²) in [5.41, 5.74) is 0.876. The van der Waals surface area contributed by atoms with Gasteiger partial charge in [0.05, 0.1) is 12.7 Å². The Morgan fingerprint density at radius 1 is 1.12 bits per heavy atom. The molecule has 4 atom stereocenters. The molecule has 4 heteroatoms. The van der Waals surface area contributed by atoms with Gasteiger partial charge >= 0.3 is 5.97 Å². The molecule has 0 aliphatic carbocycles. The van der Waals surface area contributed by atoms with Crippen molar-refractivity contribution in [3.63, 3.8) is 0 Å². The number of hydrogen-bond donors (Lipinski definition) is 1. The van der Waals surface area contributed by atoms with Crippen LogP contribution in [0.2, 0.25) is 0 Å². The van der Waals surface area contributed by atoms with Crippen molar-refractivity contribution in [3.05, 3.63) is 71.8 Å². The number of esters is 1. The van der Waals surface area contributed by atoms with Crippen molar-refractivity contribution in [1.29, 1.82) is 0 Å². The van der Waals surface area contributed by atoms with Crippen molar-refractivity contribution in [3.8, 4) is 0 Å². The maximum Gasteiger partial charge on any atom is 0.339 e. The second-order valence-electron chi connectivity index (χ2n) is 6.86. The predicted molar refractivity (Wildman–Crippen MR) is 99.5 cm³/mol. The van der Waals surface area contributed by atoms with Crippen LogP contribution in [-0.2, 0) is 20.7 Å². The molecule has 1 aliphatic rings. The van der Waals surface area contributed by atoms with Crippen LogP contribution in [0.5, 0.6) is 0 Å². The molecule has 4 nitrogen and oxygen atoms in total. The molecule has 2 aromatic carbocycles. The maximum atomic E-state index is 13.0. The van der Waals surface area contributed by atoms with Gasteiger partial charge in [-0.2, -0.15) is 0 Å². The normalized spacial score (nSPS) is 28.0. The number of carbonyl (C=O) groups is 1. The first-order chi connectivity index (χ1) is 12.6. The topological polar surface area (TPSA) is 55.8 Å². The number of benzene rings is 2. The predicted octanol–water partition coefficient (Wildman–Crippen LogP) is 3.55. The molecular formula is C22H26O4. The molecule has 1 N–H and O–H groups in total. The molecule has 0 saturated carbocycles. The zero-order chi connectivity index (χ0) is 18.6. The molecule has 26 heavy (non-hydrogen) atoms. The van der Waals surface area contributed by atoms with Crippen LogP contribution >= 0.6 is 0 Å². The smallest absolute Gasteiger partial charge is 0.339 e. The molecule has 3 rings (SSSR count). The largest absolute Gasteiger partial charge is 0.464 e. The molecule has 1 fully saturated rings. The monoisotopic (exact) mass is 354 g/mol. The van der Waals surface area contributed by atoms with Crippen molar-refractivity contribution >= 4 is 5.97 Å². The standard InChI is InChI=1S/C22H26O4/c1-3-25-21(24)22(14-17-10-6-4-7-11-17)16(2)19(15-23)20(26-22)18-12-8-5-9-13-18/h4-13,16,19-20,23H,3,14-15H2,1-2H3/t16-,19-,20-,22-/m0/s1. The van der Waals surface area contributed by atoms with Gasteiger partial charge in [-0.25, -0.2) is 4.79 Å². The van der Waals surface area contributed by atoms with Gasteiger partial charge in [0.1, 0.15) is 0 Å². The van der Waals surface area contributed by atoms with E-state index in [1.54, 1.807) is 6.92 Å². The highest BCUT2D eigenvalue weighted by atomic mass is 16.6. The van der Waals surface area contributed by atoms with Gasteiger partial charge in [-0.15, -0.1) is 0 Å². The number of rotatable bonds is 6. The van der Waals surface area contributed by atoms with Crippen LogP contribution in [0, 0.1) is 11.8 Å². The zero-order valence-corrected chi connectivity index (χ0v) is 15.3. The van der Waals surface area contributed by atoms with Gasteiger partial charge in [-0.05, 0) is 18.1 Å². The van der Waals surface area contributed by atoms with E-state index in [1.807, 2.05) is 67.6 Å². The first-order valence-electron chi connectivity index (χ1n) is 9.17. The lowest BCUT2D eigenvalue weighted by Crippen LogP contribution is -2.47. The van der Waals surface area contributed by atoms with Crippen LogP contribution in [0.15, 0.2) is 60.7 Å². The number of aliphatic hydroxyl groups is 1. The van der Waals surface area contributed by atoms with E-state index < -0.39 is 5.60 Å². The number of ether oxygens (including phenoxy) is 2. The summed E-state index contributed by atoms with van der Waals surface area (Å²) in [7, 11) is 0. The molecule has 1 heterocycles. The lowest BCUT2D eigenvalue weighted by atomic mass is 9.77. The lowest BCUT2D eigenvalue weighted by Gasteiger charge is -2.31. The Morgan fingerprint density at radius 3 is 2.31 bits per heavy atom. The van der Waals surface area contributed by atoms with Gasteiger partial charge in [0.25, 0.3) is 0 Å². The summed E-state index contributed by atoms with van der Waals surface area (Å²) in [4.78, 5) is 13.0. The maximum absolute atomic E-state index is 13.0. The number of carbonyl (C=O) groups excluding carboxylic acids is 1. The molecule has 1 aliphatic heterocycles. The van der Waals surface area contributed by atoms with Gasteiger partial charge in [0, 0.05) is 24.9 Å². The van der Waals surface area contributed by atoms with E-state index in [2.05, 4.69) is 0 Å². The van der Waals surface area contributed by atoms with Crippen molar-refractivity contribution in [2.75, 3.05) is 13.2 Å². The van der Waals surface area contributed by atoms with Gasteiger partial charge in [-0.3, -0.25) is 0 Å². The first-order valence-corrected chi connectivity index (χ1v) is 9.17. The summed E-state index contributed by atoms with van der Waals surface area (Å²) in [6.45, 7) is 4.03. The van der Waals surface area contributed by atoms with E-state index in [1.165, 1.54) is 0 Å². The molecule has 1 saturated heterocycles. The Balaban J connectivity index is 2.01. The van der Waals surface area contributed by atoms with Crippen molar-refractivity contribution in [2.24, 2.45) is 11.8 Å². The summed E-state index contributed by atoms with van der Waals surface area (Å²) in [5, 5.41) is 10.0. The van der Waals surface area contributed by atoms with Crippen LogP contribution in [0.1, 0.15) is 31.1 Å². The quantitative estimate of drug-likeness (QED) is 0.806. The highest BCUT2D eigenvalue weighted by molar-refractivity contribution is 5.81. The minimum Gasteiger partial charge on any atom is -0.464 e. The molecule has 0 amide bonds. The summed E-state index contributed by atoms with van der Waals surface area (Å²) >= 11 is 0. The number of aliphatic hydroxyl groups excluding tert-OH is 1. The van der Waals surface area contributed by atoms with Gasteiger partial charge in [0.2, 0.25) is 0 Å². The minimum absolute atomic E-state index is 0.0450. The molecule has 138 valence electrons. The van der Waals surface area contributed by atoms with Crippen molar-refractivity contribution in [1.82, 2.24) is 0 Å². The molecule has 0 spiro atoms. The zero-order valence-electron chi connectivity index (χ0n) is 15.3. The van der Waals surface area contributed by atoms with E-state index in [0.29, 0.717) is 13.0 Å². The second-order valence-corrected chi connectivity index (χ2v) is 6.86. The highest BCUT2D eigenvalue weighted by Gasteiger charge is 2.58. The Bertz CT molecular complexity index is 715. The first kappa shape index (κ1) is 18.6. The SMILES string of the molecule is CCOC(=O)[C@@]1(Cc2ccccc2)O[C@@H](c2ccccc2)[C@@H](CO)[C@@H]1C. The third-order valence-corrected chi connectivity index (χ3v) is 5.37. The fourth-order valence-electron chi connectivity index (χ4n) is 3.90. The summed E-state index contributed by atoms with van der Waals surface area (Å²) in [5.74, 6) is -0.712. The van der Waals surface area contributed by atoms with Crippen LogP contribution in [-0.4, -0.2) is 29.9 Å². The molecule has 0 bridgehead atoms. The van der Waals surface area contributed by atoms with E-state index in [9.17, 15) is 9.90 Å². The lowest BCUT2D eigenvalue weighted by molar-refractivity contribution is -0.174. The second kappa shape index (κ2) is 8.02. The van der Waals surface area contributed by atoms with Crippen LogP contribution in [0.25, 0.3) is 0 Å². The third kappa shape index (κ3) is 3.39. The Morgan fingerprint density at radius 2 is 1.73 bits per heavy atom. The minimum atomic E-state index is -1.11. The third-order valence-electron chi connectivity index (χ3n) is 5.37. The molecule has 0 radical (unpaired) electrons. The van der Waals surface area contributed by atoms with Crippen LogP contribution < -0.4 is 0 Å². The van der Waals surface area contributed by atoms with Crippen molar-refractivity contribution in [2.45, 2.75) is 32.0 Å². The average Bonchev–Trinajstić information content (AvgIpc) is 2.96. The fraction of sp³-hybridized carbons (Fsp3) is 0.409. The Hall–Kier alpha value is -2.17. The molecule has 0 aromatic heterocycles. The molecular weight excluding hydrogens is 328 g/mol. The van der Waals surface area contributed by atoms with Gasteiger partial charge in [-0.1, -0.05) is 67.6 Å². The average molecular weight is 354 g/mol. The van der Waals surface area contributed by atoms with E-state index in [-0.39, 0.29) is 30.5 Å². The van der Waals surface area contributed by atoms with E-state index in [4.69, 9.17) is 9.47 Å². The number of hydrogen-bond acceptors (Lipinski definition) is 4. The Labute approximate surface area is 154 Å². The van der Waals surface area contributed by atoms with E-state index >= 15 is 0 Å². The van der Waals surface area contributed by atoms with Gasteiger partial charge < -0.3 is 14.6 Å². The summed E-state index contributed by atoms with van der Waals surface area (Å²) in [6, 6.07) is 19.6. The van der Waals surface area contributed by atoms with Gasteiger partial charge in [0.15, 0.2) is 5.60 Å². The Kier molecular flexibility index (Phi) is 5.74. The molecule has 0 unspecified atom stereocenters. The molecule has 2 aromatic rings. The highest BCUT2D eigenvalue weighted by Crippen LogP contribution is 2.50. The van der Waals surface area contributed by atoms with Crippen molar-refractivity contribution < 1.29 is 19.4 Å². The van der Waals surface area contributed by atoms with Crippen LogP contribution in [0.4, 0.5) is 0 Å². The van der Waals surface area contributed by atoms with Crippen LogP contribution in [0.3, 0.4) is 0 Å². The summed E-state index contributed by atoms with van der Waals surface area (Å²) < 4.78 is 11.8.